The predicted molar refractivity (Wildman–Crippen MR) is 121 cm³/mol. The molecule has 1 unspecified atom stereocenters. The molecule has 1 atom stereocenters. The van der Waals surface area contributed by atoms with E-state index in [1.807, 2.05) is 18.4 Å². The summed E-state index contributed by atoms with van der Waals surface area (Å²) >= 11 is 1.55. The molecule has 2 aromatic heterocycles. The number of amides is 2. The largest absolute Gasteiger partial charge is 0.386 e. The number of carbonyl (C=O) groups is 2. The highest BCUT2D eigenvalue weighted by atomic mass is 32.1. The van der Waals surface area contributed by atoms with Crippen molar-refractivity contribution in [2.75, 3.05) is 18.5 Å². The number of aromatic nitrogens is 1. The fourth-order valence-electron chi connectivity index (χ4n) is 2.61. The van der Waals surface area contributed by atoms with Gasteiger partial charge >= 0.3 is 0 Å². The van der Waals surface area contributed by atoms with Crippen LogP contribution in [0.1, 0.15) is 32.4 Å². The molecule has 160 valence electrons. The van der Waals surface area contributed by atoms with Crippen LogP contribution in [0.2, 0.25) is 0 Å². The monoisotopic (exact) mass is 437 g/mol. The van der Waals surface area contributed by atoms with Crippen LogP contribution in [0.15, 0.2) is 65.4 Å². The molecule has 3 aromatic rings. The van der Waals surface area contributed by atoms with E-state index in [4.69, 9.17) is 10.6 Å². The van der Waals surface area contributed by atoms with E-state index in [9.17, 15) is 9.59 Å². The molecule has 0 aliphatic heterocycles. The summed E-state index contributed by atoms with van der Waals surface area (Å²) in [5.74, 6) is -0.543. The number of benzene rings is 1. The second-order valence-electron chi connectivity index (χ2n) is 6.70. The van der Waals surface area contributed by atoms with Crippen molar-refractivity contribution in [1.29, 1.82) is 0 Å². The van der Waals surface area contributed by atoms with E-state index < -0.39 is 6.04 Å². The molecule has 9 heteroatoms. The minimum absolute atomic E-state index is 0.193. The SMILES string of the molecule is Cc1ccsc1/C=N/OCC(=O)NCC(N)c1ccc(C(=O)Nc2ccncc2)cc1. The normalized spacial score (nSPS) is 11.8. The summed E-state index contributed by atoms with van der Waals surface area (Å²) in [7, 11) is 0. The number of thiophene rings is 1. The zero-order valence-electron chi connectivity index (χ0n) is 16.9. The molecule has 0 saturated heterocycles. The zero-order chi connectivity index (χ0) is 22.1. The van der Waals surface area contributed by atoms with E-state index in [0.29, 0.717) is 11.3 Å². The molecule has 0 bridgehead atoms. The van der Waals surface area contributed by atoms with Gasteiger partial charge in [0.15, 0.2) is 6.61 Å². The molecule has 2 amide bonds. The Morgan fingerprint density at radius 2 is 1.94 bits per heavy atom. The third-order valence-corrected chi connectivity index (χ3v) is 5.35. The number of rotatable bonds is 9. The van der Waals surface area contributed by atoms with Crippen LogP contribution in [0.4, 0.5) is 5.69 Å². The quantitative estimate of drug-likeness (QED) is 0.351. The molecule has 31 heavy (non-hydrogen) atoms. The van der Waals surface area contributed by atoms with Gasteiger partial charge in [-0.1, -0.05) is 17.3 Å². The average molecular weight is 438 g/mol. The van der Waals surface area contributed by atoms with Gasteiger partial charge < -0.3 is 21.2 Å². The maximum absolute atomic E-state index is 12.3. The lowest BCUT2D eigenvalue weighted by Gasteiger charge is -2.13. The lowest BCUT2D eigenvalue weighted by molar-refractivity contribution is -0.125. The van der Waals surface area contributed by atoms with Gasteiger partial charge in [-0.2, -0.15) is 0 Å². The zero-order valence-corrected chi connectivity index (χ0v) is 17.8. The highest BCUT2D eigenvalue weighted by Gasteiger charge is 2.11. The van der Waals surface area contributed by atoms with E-state index in [2.05, 4.69) is 20.8 Å². The number of nitrogens with one attached hydrogen (secondary N) is 2. The Morgan fingerprint density at radius 1 is 1.19 bits per heavy atom. The number of pyridine rings is 1. The van der Waals surface area contributed by atoms with Crippen LogP contribution in [-0.2, 0) is 9.63 Å². The Morgan fingerprint density at radius 3 is 2.61 bits per heavy atom. The number of carbonyl (C=O) groups excluding carboxylic acids is 2. The Balaban J connectivity index is 1.42. The molecule has 0 radical (unpaired) electrons. The van der Waals surface area contributed by atoms with Crippen molar-refractivity contribution in [1.82, 2.24) is 10.3 Å². The number of aryl methyl sites for hydroxylation is 1. The van der Waals surface area contributed by atoms with E-state index in [1.165, 1.54) is 0 Å². The van der Waals surface area contributed by atoms with Crippen molar-refractivity contribution >= 4 is 35.1 Å². The fraction of sp³-hybridized carbons (Fsp3) is 0.182. The van der Waals surface area contributed by atoms with Crippen LogP contribution in [-0.4, -0.2) is 36.2 Å². The summed E-state index contributed by atoms with van der Waals surface area (Å²) in [6.07, 6.45) is 4.80. The third kappa shape index (κ3) is 6.73. The molecule has 0 aliphatic rings. The minimum Gasteiger partial charge on any atom is -0.386 e. The maximum atomic E-state index is 12.3. The van der Waals surface area contributed by atoms with Gasteiger partial charge in [0, 0.05) is 36.2 Å². The first-order valence-corrected chi connectivity index (χ1v) is 10.4. The summed E-state index contributed by atoms with van der Waals surface area (Å²) in [4.78, 5) is 34.1. The van der Waals surface area contributed by atoms with Crippen LogP contribution in [0.3, 0.4) is 0 Å². The number of anilines is 1. The molecule has 0 aliphatic carbocycles. The molecular formula is C22H23N5O3S. The molecule has 8 nitrogen and oxygen atoms in total. The molecule has 2 heterocycles. The summed E-state index contributed by atoms with van der Waals surface area (Å²) in [5, 5.41) is 11.3. The van der Waals surface area contributed by atoms with Crippen LogP contribution in [0, 0.1) is 6.92 Å². The van der Waals surface area contributed by atoms with Gasteiger partial charge in [0.2, 0.25) is 0 Å². The number of hydrogen-bond donors (Lipinski definition) is 3. The number of nitrogens with zero attached hydrogens (tertiary/aromatic N) is 2. The van der Waals surface area contributed by atoms with E-state index in [0.717, 1.165) is 16.0 Å². The average Bonchev–Trinajstić information content (AvgIpc) is 3.20. The smallest absolute Gasteiger partial charge is 0.260 e. The lowest BCUT2D eigenvalue weighted by Crippen LogP contribution is -2.34. The predicted octanol–water partition coefficient (Wildman–Crippen LogP) is 2.87. The second kappa shape index (κ2) is 11.0. The summed E-state index contributed by atoms with van der Waals surface area (Å²) in [5.41, 5.74) is 9.21. The molecule has 4 N–H and O–H groups in total. The van der Waals surface area contributed by atoms with Crippen molar-refractivity contribution in [2.24, 2.45) is 10.9 Å². The van der Waals surface area contributed by atoms with Gasteiger partial charge in [0.1, 0.15) is 0 Å². The van der Waals surface area contributed by atoms with Crippen molar-refractivity contribution < 1.29 is 14.4 Å². The van der Waals surface area contributed by atoms with Gasteiger partial charge in [-0.3, -0.25) is 14.6 Å². The van der Waals surface area contributed by atoms with E-state index >= 15 is 0 Å². The molecule has 0 spiro atoms. The molecule has 1 aromatic carbocycles. The van der Waals surface area contributed by atoms with Crippen molar-refractivity contribution in [3.05, 3.63) is 81.8 Å². The van der Waals surface area contributed by atoms with Gasteiger partial charge in [-0.15, -0.1) is 11.3 Å². The van der Waals surface area contributed by atoms with Crippen molar-refractivity contribution in [3.8, 4) is 0 Å². The van der Waals surface area contributed by atoms with Crippen LogP contribution in [0.25, 0.3) is 0 Å². The van der Waals surface area contributed by atoms with E-state index in [1.54, 1.807) is 66.3 Å². The topological polar surface area (TPSA) is 119 Å². The number of oxime groups is 1. The first-order valence-electron chi connectivity index (χ1n) is 9.56. The lowest BCUT2D eigenvalue weighted by atomic mass is 10.0. The highest BCUT2D eigenvalue weighted by molar-refractivity contribution is 7.11. The Labute approximate surface area is 184 Å². The molecule has 3 rings (SSSR count). The Hall–Kier alpha value is -3.56. The van der Waals surface area contributed by atoms with Gasteiger partial charge in [-0.05, 0) is 53.8 Å². The third-order valence-electron chi connectivity index (χ3n) is 4.40. The van der Waals surface area contributed by atoms with Gasteiger partial charge in [0.05, 0.1) is 11.1 Å². The number of nitrogens with two attached hydrogens (primary N) is 1. The van der Waals surface area contributed by atoms with E-state index in [-0.39, 0.29) is 25.0 Å². The molecule has 0 saturated carbocycles. The summed E-state index contributed by atoms with van der Waals surface area (Å²) in [6.45, 7) is 2.02. The van der Waals surface area contributed by atoms with Gasteiger partial charge in [0.25, 0.3) is 11.8 Å². The van der Waals surface area contributed by atoms with Crippen LogP contribution >= 0.6 is 11.3 Å². The summed E-state index contributed by atoms with van der Waals surface area (Å²) < 4.78 is 0. The van der Waals surface area contributed by atoms with Crippen LogP contribution < -0.4 is 16.4 Å². The van der Waals surface area contributed by atoms with Crippen molar-refractivity contribution in [2.45, 2.75) is 13.0 Å². The Bertz CT molecular complexity index is 1030. The van der Waals surface area contributed by atoms with Gasteiger partial charge in [-0.25, -0.2) is 0 Å². The van der Waals surface area contributed by atoms with Crippen LogP contribution in [0.5, 0.6) is 0 Å². The fourth-order valence-corrected chi connectivity index (χ4v) is 3.39. The minimum atomic E-state index is -0.418. The molecule has 0 fully saturated rings. The first kappa shape index (κ1) is 22.1. The number of hydrogen-bond acceptors (Lipinski definition) is 7. The Kier molecular flexibility index (Phi) is 7.85. The van der Waals surface area contributed by atoms with Crippen molar-refractivity contribution in [3.63, 3.8) is 0 Å². The molecular weight excluding hydrogens is 414 g/mol. The standard InChI is InChI=1S/C22H23N5O3S/c1-15-8-11-31-20(15)13-26-30-14-21(28)25-12-19(23)16-2-4-17(5-3-16)22(29)27-18-6-9-24-10-7-18/h2-11,13,19H,12,14,23H2,1H3,(H,25,28)(H,24,27,29)/b26-13+. The summed E-state index contributed by atoms with van der Waals surface area (Å²) in [6, 6.07) is 11.9. The second-order valence-corrected chi connectivity index (χ2v) is 7.65. The highest BCUT2D eigenvalue weighted by Crippen LogP contribution is 2.14. The first-order chi connectivity index (χ1) is 15.0. The maximum Gasteiger partial charge on any atom is 0.260 e.